The maximum Gasteiger partial charge on any atom is 0.120 e. The average Bonchev–Trinajstić information content (AvgIpc) is 2.10. The zero-order chi connectivity index (χ0) is 11.5. The van der Waals surface area contributed by atoms with Crippen LogP contribution in [0.3, 0.4) is 0 Å². The molecule has 0 aliphatic carbocycles. The Kier molecular flexibility index (Phi) is 4.00. The Labute approximate surface area is 96.4 Å². The lowest BCUT2D eigenvalue weighted by atomic mass is 10.1. The van der Waals surface area contributed by atoms with Crippen LogP contribution in [0.25, 0.3) is 0 Å². The third kappa shape index (κ3) is 3.73. The van der Waals surface area contributed by atoms with Gasteiger partial charge in [0.2, 0.25) is 0 Å². The minimum atomic E-state index is -0.227. The fourth-order valence-electron chi connectivity index (χ4n) is 1.40. The van der Waals surface area contributed by atoms with Gasteiger partial charge in [-0.05, 0) is 57.5 Å². The Morgan fingerprint density at radius 1 is 1.40 bits per heavy atom. The molecule has 1 aromatic carbocycles. The number of hydrogen-bond donors (Lipinski definition) is 1. The van der Waals surface area contributed by atoms with E-state index in [0.717, 1.165) is 22.8 Å². The first-order chi connectivity index (χ1) is 6.94. The summed E-state index contributed by atoms with van der Waals surface area (Å²) in [4.78, 5) is 0. The van der Waals surface area contributed by atoms with Crippen LogP contribution in [0.2, 0.25) is 5.02 Å². The van der Waals surface area contributed by atoms with E-state index in [-0.39, 0.29) is 5.60 Å². The first kappa shape index (κ1) is 12.3. The summed E-state index contributed by atoms with van der Waals surface area (Å²) in [5.74, 6) is 0.843. The van der Waals surface area contributed by atoms with Gasteiger partial charge in [-0.15, -0.1) is 0 Å². The number of ether oxygens (including phenoxy) is 1. The van der Waals surface area contributed by atoms with Gasteiger partial charge < -0.3 is 10.5 Å². The highest BCUT2D eigenvalue weighted by Crippen LogP contribution is 2.25. The highest BCUT2D eigenvalue weighted by atomic mass is 35.5. The van der Waals surface area contributed by atoms with E-state index in [4.69, 9.17) is 22.1 Å². The summed E-state index contributed by atoms with van der Waals surface area (Å²) in [6.45, 7) is 6.65. The molecule has 0 fully saturated rings. The van der Waals surface area contributed by atoms with Gasteiger partial charge in [-0.3, -0.25) is 0 Å². The maximum atomic E-state index is 5.94. The fourth-order valence-corrected chi connectivity index (χ4v) is 1.52. The van der Waals surface area contributed by atoms with Gasteiger partial charge in [0.15, 0.2) is 0 Å². The topological polar surface area (TPSA) is 35.2 Å². The zero-order valence-electron chi connectivity index (χ0n) is 9.51. The van der Waals surface area contributed by atoms with Crippen LogP contribution in [-0.2, 0) is 0 Å². The molecule has 0 atom stereocenters. The van der Waals surface area contributed by atoms with Crippen molar-refractivity contribution in [2.24, 2.45) is 5.73 Å². The summed E-state index contributed by atoms with van der Waals surface area (Å²) in [6, 6.07) is 5.68. The van der Waals surface area contributed by atoms with Crippen molar-refractivity contribution in [3.8, 4) is 5.75 Å². The van der Waals surface area contributed by atoms with Crippen LogP contribution in [0, 0.1) is 6.92 Å². The normalized spacial score (nSPS) is 11.5. The Hall–Kier alpha value is -0.730. The Morgan fingerprint density at radius 2 is 2.07 bits per heavy atom. The minimum Gasteiger partial charge on any atom is -0.488 e. The van der Waals surface area contributed by atoms with Crippen LogP contribution < -0.4 is 10.5 Å². The van der Waals surface area contributed by atoms with Gasteiger partial charge in [0.1, 0.15) is 11.4 Å². The Balaban J connectivity index is 2.76. The van der Waals surface area contributed by atoms with Crippen molar-refractivity contribution in [3.63, 3.8) is 0 Å². The predicted molar refractivity (Wildman–Crippen MR) is 64.6 cm³/mol. The number of hydrogen-bond acceptors (Lipinski definition) is 2. The van der Waals surface area contributed by atoms with Crippen LogP contribution in [0.1, 0.15) is 25.8 Å². The van der Waals surface area contributed by atoms with Gasteiger partial charge in [0.25, 0.3) is 0 Å². The molecule has 0 unspecified atom stereocenters. The predicted octanol–water partition coefficient (Wildman–Crippen LogP) is 3.15. The molecule has 84 valence electrons. The average molecular weight is 228 g/mol. The Morgan fingerprint density at radius 3 is 2.60 bits per heavy atom. The summed E-state index contributed by atoms with van der Waals surface area (Å²) in [5.41, 5.74) is 6.32. The second kappa shape index (κ2) is 4.86. The highest BCUT2D eigenvalue weighted by molar-refractivity contribution is 6.31. The molecule has 2 nitrogen and oxygen atoms in total. The van der Waals surface area contributed by atoms with Gasteiger partial charge in [0, 0.05) is 5.02 Å². The standard InChI is InChI=1S/C12H18ClNO/c1-9-8-10(4-5-11(9)13)15-12(2,3)6-7-14/h4-5,8H,6-7,14H2,1-3H3. The summed E-state index contributed by atoms with van der Waals surface area (Å²) >= 11 is 5.94. The molecule has 0 aliphatic heterocycles. The first-order valence-corrected chi connectivity index (χ1v) is 5.48. The monoisotopic (exact) mass is 227 g/mol. The smallest absolute Gasteiger partial charge is 0.120 e. The van der Waals surface area contributed by atoms with E-state index in [0.29, 0.717) is 6.54 Å². The van der Waals surface area contributed by atoms with Crippen LogP contribution in [0.5, 0.6) is 5.75 Å². The quantitative estimate of drug-likeness (QED) is 0.858. The van der Waals surface area contributed by atoms with E-state index in [1.165, 1.54) is 0 Å². The molecule has 0 saturated carbocycles. The first-order valence-electron chi connectivity index (χ1n) is 5.10. The van der Waals surface area contributed by atoms with Gasteiger partial charge in [-0.25, -0.2) is 0 Å². The second-order valence-electron chi connectivity index (χ2n) is 4.31. The molecular weight excluding hydrogens is 210 g/mol. The third-order valence-corrected chi connectivity index (χ3v) is 2.69. The summed E-state index contributed by atoms with van der Waals surface area (Å²) in [5, 5.41) is 0.763. The molecule has 0 aliphatic rings. The van der Waals surface area contributed by atoms with Crippen LogP contribution in [0.4, 0.5) is 0 Å². The number of aryl methyl sites for hydroxylation is 1. The number of halogens is 1. The number of benzene rings is 1. The molecule has 0 spiro atoms. The van der Waals surface area contributed by atoms with Crippen molar-refractivity contribution < 1.29 is 4.74 Å². The molecule has 2 N–H and O–H groups in total. The van der Waals surface area contributed by atoms with Crippen molar-refractivity contribution in [2.45, 2.75) is 32.8 Å². The zero-order valence-corrected chi connectivity index (χ0v) is 10.3. The van der Waals surface area contributed by atoms with E-state index < -0.39 is 0 Å². The molecule has 0 amide bonds. The summed E-state index contributed by atoms with van der Waals surface area (Å²) in [6.07, 6.45) is 0.828. The van der Waals surface area contributed by atoms with Gasteiger partial charge in [-0.1, -0.05) is 11.6 Å². The molecule has 0 aromatic heterocycles. The van der Waals surface area contributed by atoms with Crippen molar-refractivity contribution >= 4 is 11.6 Å². The number of rotatable bonds is 4. The molecule has 1 aromatic rings. The van der Waals surface area contributed by atoms with E-state index in [1.54, 1.807) is 0 Å². The summed E-state index contributed by atoms with van der Waals surface area (Å²) in [7, 11) is 0. The van der Waals surface area contributed by atoms with Crippen molar-refractivity contribution in [2.75, 3.05) is 6.54 Å². The van der Waals surface area contributed by atoms with Crippen LogP contribution in [0.15, 0.2) is 18.2 Å². The largest absolute Gasteiger partial charge is 0.488 e. The molecule has 15 heavy (non-hydrogen) atoms. The third-order valence-electron chi connectivity index (χ3n) is 2.27. The van der Waals surface area contributed by atoms with Gasteiger partial charge >= 0.3 is 0 Å². The van der Waals surface area contributed by atoms with Crippen molar-refractivity contribution in [1.29, 1.82) is 0 Å². The molecule has 3 heteroatoms. The molecule has 0 radical (unpaired) electrons. The molecular formula is C12H18ClNO. The molecule has 0 saturated heterocycles. The number of nitrogens with two attached hydrogens (primary N) is 1. The summed E-state index contributed by atoms with van der Waals surface area (Å²) < 4.78 is 5.84. The maximum absolute atomic E-state index is 5.94. The SMILES string of the molecule is Cc1cc(OC(C)(C)CCN)ccc1Cl. The lowest BCUT2D eigenvalue weighted by Crippen LogP contribution is -2.31. The molecule has 0 bridgehead atoms. The van der Waals surface area contributed by atoms with Crippen LogP contribution in [-0.4, -0.2) is 12.1 Å². The Bertz CT molecular complexity index is 336. The van der Waals surface area contributed by atoms with Gasteiger partial charge in [0.05, 0.1) is 0 Å². The van der Waals surface area contributed by atoms with E-state index >= 15 is 0 Å². The van der Waals surface area contributed by atoms with Crippen LogP contribution >= 0.6 is 11.6 Å². The van der Waals surface area contributed by atoms with Crippen molar-refractivity contribution in [3.05, 3.63) is 28.8 Å². The van der Waals surface area contributed by atoms with Crippen molar-refractivity contribution in [1.82, 2.24) is 0 Å². The second-order valence-corrected chi connectivity index (χ2v) is 4.72. The molecule has 0 heterocycles. The lowest BCUT2D eigenvalue weighted by molar-refractivity contribution is 0.102. The fraction of sp³-hybridized carbons (Fsp3) is 0.500. The lowest BCUT2D eigenvalue weighted by Gasteiger charge is -2.26. The highest BCUT2D eigenvalue weighted by Gasteiger charge is 2.18. The van der Waals surface area contributed by atoms with E-state index in [9.17, 15) is 0 Å². The minimum absolute atomic E-state index is 0.227. The van der Waals surface area contributed by atoms with Gasteiger partial charge in [-0.2, -0.15) is 0 Å². The van der Waals surface area contributed by atoms with E-state index in [1.807, 2.05) is 39.0 Å². The molecule has 1 rings (SSSR count). The van der Waals surface area contributed by atoms with E-state index in [2.05, 4.69) is 0 Å².